The van der Waals surface area contributed by atoms with Gasteiger partial charge in [0.05, 0.1) is 30.2 Å². The number of aromatic nitrogens is 6. The quantitative estimate of drug-likeness (QED) is 0.488. The Morgan fingerprint density at radius 1 is 1.17 bits per heavy atom. The Morgan fingerprint density at radius 3 is 2.86 bits per heavy atom. The highest BCUT2D eigenvalue weighted by molar-refractivity contribution is 5.83. The molecule has 0 aromatic carbocycles. The molecule has 0 saturated carbocycles. The maximum atomic E-state index is 12.5. The van der Waals surface area contributed by atoms with Gasteiger partial charge < -0.3 is 14.8 Å². The number of aromatic amines is 1. The number of urea groups is 1. The van der Waals surface area contributed by atoms with Gasteiger partial charge in [0, 0.05) is 43.3 Å². The first kappa shape index (κ1) is 21.5. The van der Waals surface area contributed by atoms with Gasteiger partial charge in [0.2, 0.25) is 0 Å². The zero-order chi connectivity index (χ0) is 24.1. The molecule has 0 unspecified atom stereocenters. The first-order valence-corrected chi connectivity index (χ1v) is 12.1. The van der Waals surface area contributed by atoms with E-state index in [0.717, 1.165) is 70.5 Å². The molecule has 9 heteroatoms. The molecular formula is C26H28N8O. The van der Waals surface area contributed by atoms with Crippen molar-refractivity contribution < 1.29 is 4.79 Å². The van der Waals surface area contributed by atoms with E-state index in [4.69, 9.17) is 15.1 Å². The zero-order valence-electron chi connectivity index (χ0n) is 20.2. The molecular weight excluding hydrogens is 440 g/mol. The number of fused-ring (bicyclic) bond motifs is 2. The molecule has 0 fully saturated rings. The number of carbonyl (C=O) groups is 1. The molecule has 1 N–H and O–H groups in total. The van der Waals surface area contributed by atoms with Gasteiger partial charge in [-0.2, -0.15) is 5.10 Å². The molecule has 0 atom stereocenters. The second kappa shape index (κ2) is 8.33. The number of hydrogen-bond acceptors (Lipinski definition) is 5. The summed E-state index contributed by atoms with van der Waals surface area (Å²) in [7, 11) is 1.82. The molecule has 0 spiro atoms. The van der Waals surface area contributed by atoms with Crippen LogP contribution in [0.3, 0.4) is 0 Å². The van der Waals surface area contributed by atoms with Crippen LogP contribution in [0.4, 0.5) is 4.79 Å². The third-order valence-corrected chi connectivity index (χ3v) is 6.89. The lowest BCUT2D eigenvalue weighted by molar-refractivity contribution is 0.164. The number of H-pyrrole nitrogens is 1. The highest BCUT2D eigenvalue weighted by Gasteiger charge is 2.29. The summed E-state index contributed by atoms with van der Waals surface area (Å²) in [4.78, 5) is 33.6. The number of hydrogen-bond donors (Lipinski definition) is 1. The van der Waals surface area contributed by atoms with E-state index in [9.17, 15) is 4.79 Å². The van der Waals surface area contributed by atoms with Crippen molar-refractivity contribution in [3.63, 3.8) is 0 Å². The summed E-state index contributed by atoms with van der Waals surface area (Å²) in [5.41, 5.74) is 8.87. The Hall–Kier alpha value is -4.01. The van der Waals surface area contributed by atoms with Gasteiger partial charge in [-0.25, -0.2) is 9.78 Å². The minimum atomic E-state index is 0.0212. The largest absolute Gasteiger partial charge is 0.339 e. The normalized spacial score (nSPS) is 14.3. The minimum Gasteiger partial charge on any atom is -0.339 e. The molecule has 0 radical (unpaired) electrons. The van der Waals surface area contributed by atoms with Gasteiger partial charge in [0.1, 0.15) is 11.4 Å². The highest BCUT2D eigenvalue weighted by atomic mass is 16.2. The van der Waals surface area contributed by atoms with Crippen LogP contribution in [0.2, 0.25) is 0 Å². The molecule has 0 bridgehead atoms. The van der Waals surface area contributed by atoms with E-state index in [1.165, 1.54) is 5.69 Å². The van der Waals surface area contributed by atoms with E-state index in [-0.39, 0.29) is 6.03 Å². The van der Waals surface area contributed by atoms with Gasteiger partial charge >= 0.3 is 6.03 Å². The van der Waals surface area contributed by atoms with Crippen LogP contribution in [0.1, 0.15) is 36.1 Å². The Kier molecular flexibility index (Phi) is 5.12. The summed E-state index contributed by atoms with van der Waals surface area (Å²) in [6.07, 6.45) is 3.93. The smallest absolute Gasteiger partial charge is 0.320 e. The van der Waals surface area contributed by atoms with Gasteiger partial charge in [-0.3, -0.25) is 14.6 Å². The van der Waals surface area contributed by atoms with E-state index >= 15 is 0 Å². The fraction of sp³-hybridized carbons (Fsp3) is 0.346. The number of nitrogens with zero attached hydrogens (tertiary/aromatic N) is 7. The Labute approximate surface area is 203 Å². The number of aryl methyl sites for hydroxylation is 2. The lowest BCUT2D eigenvalue weighted by Crippen LogP contribution is -2.38. The summed E-state index contributed by atoms with van der Waals surface area (Å²) in [6.45, 7) is 6.62. The van der Waals surface area contributed by atoms with E-state index < -0.39 is 0 Å². The average Bonchev–Trinajstić information content (AvgIpc) is 3.62. The van der Waals surface area contributed by atoms with Crippen LogP contribution in [0, 0.1) is 6.92 Å². The van der Waals surface area contributed by atoms with Crippen LogP contribution >= 0.6 is 0 Å². The summed E-state index contributed by atoms with van der Waals surface area (Å²) >= 11 is 0. The number of pyridine rings is 2. The van der Waals surface area contributed by atoms with Gasteiger partial charge in [0.15, 0.2) is 5.82 Å². The molecule has 35 heavy (non-hydrogen) atoms. The van der Waals surface area contributed by atoms with Crippen molar-refractivity contribution in [2.75, 3.05) is 13.6 Å². The monoisotopic (exact) mass is 468 g/mol. The van der Waals surface area contributed by atoms with Crippen LogP contribution in [0.15, 0.2) is 36.5 Å². The van der Waals surface area contributed by atoms with E-state index in [1.807, 2.05) is 56.3 Å². The molecule has 0 aliphatic carbocycles. The van der Waals surface area contributed by atoms with Crippen molar-refractivity contribution in [1.29, 1.82) is 0 Å². The summed E-state index contributed by atoms with van der Waals surface area (Å²) in [5.74, 6) is 0.729. The third kappa shape index (κ3) is 3.67. The molecule has 2 amide bonds. The maximum absolute atomic E-state index is 12.5. The van der Waals surface area contributed by atoms with Crippen molar-refractivity contribution in [1.82, 2.24) is 39.5 Å². The molecule has 2 aliphatic rings. The summed E-state index contributed by atoms with van der Waals surface area (Å²) in [5, 5.41) is 4.94. The van der Waals surface area contributed by atoms with Crippen LogP contribution in [0.5, 0.6) is 0 Å². The SMILES string of the molecule is CCN(C)C(=O)N1Cc2nc(-c3cc(-c4c(-c5cccc(C)n5)nn5c4CCC5)ccn3)[nH]c2C1. The first-order chi connectivity index (χ1) is 17.0. The molecule has 178 valence electrons. The average molecular weight is 469 g/mol. The number of carbonyl (C=O) groups excluding carboxylic acids is 1. The molecule has 0 saturated heterocycles. The Morgan fingerprint density at radius 2 is 2.06 bits per heavy atom. The molecule has 4 aromatic rings. The van der Waals surface area contributed by atoms with Crippen LogP contribution in [0.25, 0.3) is 34.0 Å². The third-order valence-electron chi connectivity index (χ3n) is 6.89. The lowest BCUT2D eigenvalue weighted by Gasteiger charge is -2.22. The predicted molar refractivity (Wildman–Crippen MR) is 132 cm³/mol. The molecule has 6 heterocycles. The lowest BCUT2D eigenvalue weighted by atomic mass is 10.00. The van der Waals surface area contributed by atoms with Crippen LogP contribution in [-0.2, 0) is 26.1 Å². The topological polar surface area (TPSA) is 95.8 Å². The highest BCUT2D eigenvalue weighted by Crippen LogP contribution is 2.38. The van der Waals surface area contributed by atoms with Gasteiger partial charge in [0.25, 0.3) is 0 Å². The summed E-state index contributed by atoms with van der Waals surface area (Å²) < 4.78 is 2.12. The molecule has 6 rings (SSSR count). The number of rotatable bonds is 4. The van der Waals surface area contributed by atoms with Crippen LogP contribution < -0.4 is 0 Å². The standard InChI is InChI=1S/C26H28N8O/c1-4-32(3)26(35)33-14-20-21(15-33)30-25(29-20)19-13-17(10-11-27-19)23-22-9-6-12-34(22)31-24(23)18-8-5-7-16(2)28-18/h5,7-8,10-11,13H,4,6,9,12,14-15H2,1-3H3,(H,29,30). The van der Waals surface area contributed by atoms with Crippen LogP contribution in [-0.4, -0.2) is 59.1 Å². The molecule has 9 nitrogen and oxygen atoms in total. The number of nitrogens with one attached hydrogen (secondary N) is 1. The zero-order valence-corrected chi connectivity index (χ0v) is 20.2. The van der Waals surface area contributed by atoms with Crippen molar-refractivity contribution in [3.8, 4) is 34.0 Å². The second-order valence-electron chi connectivity index (χ2n) is 9.25. The van der Waals surface area contributed by atoms with Gasteiger partial charge in [-0.1, -0.05) is 6.07 Å². The minimum absolute atomic E-state index is 0.0212. The van der Waals surface area contributed by atoms with Crippen molar-refractivity contribution in [3.05, 3.63) is 59.3 Å². The predicted octanol–water partition coefficient (Wildman–Crippen LogP) is 4.04. The van der Waals surface area contributed by atoms with E-state index in [2.05, 4.69) is 20.7 Å². The maximum Gasteiger partial charge on any atom is 0.320 e. The molecule has 2 aliphatic heterocycles. The molecule has 4 aromatic heterocycles. The van der Waals surface area contributed by atoms with Crippen molar-refractivity contribution in [2.24, 2.45) is 0 Å². The first-order valence-electron chi connectivity index (χ1n) is 12.1. The summed E-state index contributed by atoms with van der Waals surface area (Å²) in [6, 6.07) is 10.2. The fourth-order valence-electron chi connectivity index (χ4n) is 4.97. The van der Waals surface area contributed by atoms with E-state index in [0.29, 0.717) is 19.6 Å². The second-order valence-corrected chi connectivity index (χ2v) is 9.25. The van der Waals surface area contributed by atoms with Crippen molar-refractivity contribution >= 4 is 6.03 Å². The van der Waals surface area contributed by atoms with Gasteiger partial charge in [-0.05, 0) is 56.5 Å². The van der Waals surface area contributed by atoms with Crippen molar-refractivity contribution in [2.45, 2.75) is 46.3 Å². The fourth-order valence-corrected chi connectivity index (χ4v) is 4.97. The number of amides is 2. The van der Waals surface area contributed by atoms with Gasteiger partial charge in [-0.15, -0.1) is 0 Å². The number of imidazole rings is 1. The van der Waals surface area contributed by atoms with E-state index in [1.54, 1.807) is 4.90 Å². The Bertz CT molecular complexity index is 1410. The Balaban J connectivity index is 1.35.